The molecule has 0 heterocycles. The number of ether oxygens (including phenoxy) is 1. The van der Waals surface area contributed by atoms with Gasteiger partial charge in [0.15, 0.2) is 0 Å². The van der Waals surface area contributed by atoms with Crippen molar-refractivity contribution in [2.45, 2.75) is 232 Å². The lowest BCUT2D eigenvalue weighted by Crippen LogP contribution is -2.18. The number of carbonyl (C=O) groups is 2. The van der Waals surface area contributed by atoms with Crippen LogP contribution >= 0.6 is 0 Å². The van der Waals surface area contributed by atoms with Crippen molar-refractivity contribution in [3.05, 3.63) is 24.3 Å². The van der Waals surface area contributed by atoms with E-state index in [1.807, 2.05) is 0 Å². The molecule has 0 aliphatic carbocycles. The molecule has 1 N–H and O–H groups in total. The van der Waals surface area contributed by atoms with Gasteiger partial charge in [0.05, 0.1) is 0 Å². The van der Waals surface area contributed by atoms with Gasteiger partial charge in [-0.2, -0.15) is 0 Å². The molecule has 1 unspecified atom stereocenters. The van der Waals surface area contributed by atoms with Crippen molar-refractivity contribution < 1.29 is 19.4 Å². The summed E-state index contributed by atoms with van der Waals surface area (Å²) in [4.78, 5) is 23.5. The third kappa shape index (κ3) is 36.9. The summed E-state index contributed by atoms with van der Waals surface area (Å²) in [6, 6.07) is 0. The number of carbonyl (C=O) groups excluding carboxylic acids is 1. The number of allylic oxidation sites excluding steroid dienone is 4. The third-order valence-electron chi connectivity index (χ3n) is 9.18. The first-order valence-corrected chi connectivity index (χ1v) is 20.3. The average molecular weight is 647 g/mol. The lowest BCUT2D eigenvalue weighted by Gasteiger charge is -2.18. The molecule has 46 heavy (non-hydrogen) atoms. The SMILES string of the molecule is CCCCC/C=C\C/C=C\CCCCCCCCCCCCCC(=O)OC(CCCCCCCCCCCCC)CCCC(=O)O. The molecule has 0 saturated heterocycles. The van der Waals surface area contributed by atoms with Gasteiger partial charge in [0, 0.05) is 12.8 Å². The van der Waals surface area contributed by atoms with Gasteiger partial charge in [-0.25, -0.2) is 0 Å². The second-order valence-electron chi connectivity index (χ2n) is 13.8. The molecule has 0 fully saturated rings. The van der Waals surface area contributed by atoms with E-state index < -0.39 is 5.97 Å². The molecule has 0 radical (unpaired) electrons. The smallest absolute Gasteiger partial charge is 0.306 e. The Balaban J connectivity index is 3.72. The highest BCUT2D eigenvalue weighted by atomic mass is 16.5. The number of hydrogen-bond acceptors (Lipinski definition) is 3. The van der Waals surface area contributed by atoms with Gasteiger partial charge in [0.2, 0.25) is 0 Å². The Morgan fingerprint density at radius 3 is 1.37 bits per heavy atom. The van der Waals surface area contributed by atoms with Crippen LogP contribution in [-0.4, -0.2) is 23.1 Å². The fraction of sp³-hybridized carbons (Fsp3) is 0.857. The molecule has 0 bridgehead atoms. The Kier molecular flexibility index (Phi) is 36.6. The summed E-state index contributed by atoms with van der Waals surface area (Å²) in [5.74, 6) is -0.858. The lowest BCUT2D eigenvalue weighted by atomic mass is 10.0. The number of aliphatic carboxylic acids is 1. The van der Waals surface area contributed by atoms with Crippen LogP contribution in [0.4, 0.5) is 0 Å². The first kappa shape index (κ1) is 44.4. The number of hydrogen-bond donors (Lipinski definition) is 1. The van der Waals surface area contributed by atoms with Crippen LogP contribution in [0.25, 0.3) is 0 Å². The van der Waals surface area contributed by atoms with E-state index in [0.29, 0.717) is 19.3 Å². The normalized spacial score (nSPS) is 12.4. The van der Waals surface area contributed by atoms with Crippen molar-refractivity contribution in [3.8, 4) is 0 Å². The molecule has 0 aromatic carbocycles. The zero-order valence-corrected chi connectivity index (χ0v) is 30.9. The fourth-order valence-electron chi connectivity index (χ4n) is 6.17. The van der Waals surface area contributed by atoms with Gasteiger partial charge in [0.1, 0.15) is 6.10 Å². The number of esters is 1. The van der Waals surface area contributed by atoms with E-state index in [9.17, 15) is 9.59 Å². The van der Waals surface area contributed by atoms with Crippen molar-refractivity contribution in [1.29, 1.82) is 0 Å². The van der Waals surface area contributed by atoms with Crippen LogP contribution in [0.5, 0.6) is 0 Å². The first-order valence-electron chi connectivity index (χ1n) is 20.3. The zero-order chi connectivity index (χ0) is 33.6. The van der Waals surface area contributed by atoms with Crippen molar-refractivity contribution in [1.82, 2.24) is 0 Å². The van der Waals surface area contributed by atoms with Crippen LogP contribution in [0.3, 0.4) is 0 Å². The maximum Gasteiger partial charge on any atom is 0.306 e. The molecule has 0 amide bonds. The second kappa shape index (κ2) is 37.9. The van der Waals surface area contributed by atoms with Gasteiger partial charge in [-0.05, 0) is 64.2 Å². The summed E-state index contributed by atoms with van der Waals surface area (Å²) < 4.78 is 5.83. The highest BCUT2D eigenvalue weighted by Crippen LogP contribution is 2.18. The standard InChI is InChI=1S/C42H78O4/c1-3-5-7-9-11-13-15-16-17-18-19-20-21-22-23-24-26-28-30-32-34-39-42(45)46-40(37-35-38-41(43)44)36-33-31-29-27-25-14-12-10-8-6-4-2/h11,13,16-17,40H,3-10,12,14-15,18-39H2,1-2H3,(H,43,44)/b13-11-,17-16-. The van der Waals surface area contributed by atoms with Crippen LogP contribution in [0.15, 0.2) is 24.3 Å². The minimum absolute atomic E-state index is 0.0893. The number of carboxylic acids is 1. The van der Waals surface area contributed by atoms with E-state index in [1.165, 1.54) is 154 Å². The van der Waals surface area contributed by atoms with Gasteiger partial charge in [0.25, 0.3) is 0 Å². The predicted octanol–water partition coefficient (Wildman–Crippen LogP) is 14.0. The van der Waals surface area contributed by atoms with Gasteiger partial charge >= 0.3 is 11.9 Å². The summed E-state index contributed by atoms with van der Waals surface area (Å²) in [6.45, 7) is 4.52. The lowest BCUT2D eigenvalue weighted by molar-refractivity contribution is -0.150. The van der Waals surface area contributed by atoms with Crippen molar-refractivity contribution in [3.63, 3.8) is 0 Å². The molecule has 4 heteroatoms. The van der Waals surface area contributed by atoms with Gasteiger partial charge in [-0.15, -0.1) is 0 Å². The third-order valence-corrected chi connectivity index (χ3v) is 9.18. The second-order valence-corrected chi connectivity index (χ2v) is 13.8. The van der Waals surface area contributed by atoms with Crippen LogP contribution < -0.4 is 0 Å². The molecule has 0 rings (SSSR count). The van der Waals surface area contributed by atoms with E-state index in [-0.39, 0.29) is 18.5 Å². The number of unbranched alkanes of at least 4 members (excludes halogenated alkanes) is 24. The number of carboxylic acid groups (broad SMARTS) is 1. The van der Waals surface area contributed by atoms with E-state index in [0.717, 1.165) is 32.1 Å². The predicted molar refractivity (Wildman–Crippen MR) is 200 cm³/mol. The summed E-state index contributed by atoms with van der Waals surface area (Å²) in [7, 11) is 0. The van der Waals surface area contributed by atoms with Crippen LogP contribution in [0, 0.1) is 0 Å². The van der Waals surface area contributed by atoms with Crippen molar-refractivity contribution >= 4 is 11.9 Å². The fourth-order valence-corrected chi connectivity index (χ4v) is 6.17. The van der Waals surface area contributed by atoms with Crippen molar-refractivity contribution in [2.24, 2.45) is 0 Å². The average Bonchev–Trinajstić information content (AvgIpc) is 3.04. The van der Waals surface area contributed by atoms with Gasteiger partial charge < -0.3 is 9.84 Å². The van der Waals surface area contributed by atoms with Gasteiger partial charge in [-0.1, -0.05) is 173 Å². The molecule has 0 aromatic heterocycles. The minimum atomic E-state index is -0.768. The zero-order valence-electron chi connectivity index (χ0n) is 30.9. The largest absolute Gasteiger partial charge is 0.481 e. The van der Waals surface area contributed by atoms with Crippen LogP contribution in [0.1, 0.15) is 226 Å². The summed E-state index contributed by atoms with van der Waals surface area (Å²) >= 11 is 0. The monoisotopic (exact) mass is 647 g/mol. The number of rotatable bonds is 37. The summed E-state index contributed by atoms with van der Waals surface area (Å²) in [5.41, 5.74) is 0. The molecule has 0 saturated carbocycles. The van der Waals surface area contributed by atoms with E-state index in [4.69, 9.17) is 9.84 Å². The minimum Gasteiger partial charge on any atom is -0.481 e. The molecule has 270 valence electrons. The molecule has 4 nitrogen and oxygen atoms in total. The highest BCUT2D eigenvalue weighted by molar-refractivity contribution is 5.69. The Labute approximate surface area is 287 Å². The summed E-state index contributed by atoms with van der Waals surface area (Å²) in [6.07, 6.45) is 47.7. The summed E-state index contributed by atoms with van der Waals surface area (Å²) in [5, 5.41) is 9.01. The highest BCUT2D eigenvalue weighted by Gasteiger charge is 2.15. The molecular weight excluding hydrogens is 568 g/mol. The van der Waals surface area contributed by atoms with Crippen LogP contribution in [0.2, 0.25) is 0 Å². The molecule has 0 aliphatic heterocycles. The molecule has 0 aliphatic rings. The molecule has 0 aromatic rings. The first-order chi connectivity index (χ1) is 22.6. The molecular formula is C42H78O4. The Morgan fingerprint density at radius 2 is 0.870 bits per heavy atom. The Bertz CT molecular complexity index is 698. The Hall–Kier alpha value is -1.58. The quantitative estimate of drug-likeness (QED) is 0.0414. The van der Waals surface area contributed by atoms with Crippen LogP contribution in [-0.2, 0) is 14.3 Å². The van der Waals surface area contributed by atoms with E-state index in [2.05, 4.69) is 38.2 Å². The van der Waals surface area contributed by atoms with E-state index >= 15 is 0 Å². The molecule has 1 atom stereocenters. The Morgan fingerprint density at radius 1 is 0.478 bits per heavy atom. The topological polar surface area (TPSA) is 63.6 Å². The van der Waals surface area contributed by atoms with E-state index in [1.54, 1.807) is 0 Å². The molecule has 0 spiro atoms. The maximum absolute atomic E-state index is 12.5. The van der Waals surface area contributed by atoms with Gasteiger partial charge in [-0.3, -0.25) is 9.59 Å². The van der Waals surface area contributed by atoms with Crippen molar-refractivity contribution in [2.75, 3.05) is 0 Å². The maximum atomic E-state index is 12.5.